The molecular weight excluding hydrogens is 322 g/mol. The summed E-state index contributed by atoms with van der Waals surface area (Å²) >= 11 is 3.35. The molecule has 1 aromatic carbocycles. The number of hydrogen-bond donors (Lipinski definition) is 2. The van der Waals surface area contributed by atoms with Gasteiger partial charge in [0.1, 0.15) is 0 Å². The first-order valence-corrected chi connectivity index (χ1v) is 7.30. The Hall–Kier alpha value is -1.40. The van der Waals surface area contributed by atoms with Gasteiger partial charge in [0.25, 0.3) is 0 Å². The highest BCUT2D eigenvalue weighted by Crippen LogP contribution is 2.13. The number of carbonyl (C=O) groups is 2. The Morgan fingerprint density at radius 1 is 1.30 bits per heavy atom. The lowest BCUT2D eigenvalue weighted by molar-refractivity contribution is -0.137. The molecule has 0 aliphatic heterocycles. The molecule has 0 saturated carbocycles. The lowest BCUT2D eigenvalue weighted by Crippen LogP contribution is -2.46. The summed E-state index contributed by atoms with van der Waals surface area (Å²) in [5.74, 6) is -0.785. The number of rotatable bonds is 7. The standard InChI is InChI=1S/C14H20BrN3O2/c1-2-3-12(16)14(20)18(9-13(17)19)8-10-4-6-11(15)7-5-10/h4-7,12H,2-3,8-9,16H2,1H3,(H2,17,19)/t12-/m0/s1. The SMILES string of the molecule is CCC[C@H](N)C(=O)N(CC(N)=O)Cc1ccc(Br)cc1. The number of halogens is 1. The molecule has 4 N–H and O–H groups in total. The lowest BCUT2D eigenvalue weighted by Gasteiger charge is -2.24. The molecule has 0 saturated heterocycles. The highest BCUT2D eigenvalue weighted by molar-refractivity contribution is 9.10. The van der Waals surface area contributed by atoms with E-state index in [-0.39, 0.29) is 12.5 Å². The van der Waals surface area contributed by atoms with Gasteiger partial charge in [-0.15, -0.1) is 0 Å². The van der Waals surface area contributed by atoms with Crippen molar-refractivity contribution in [1.29, 1.82) is 0 Å². The molecule has 1 aromatic rings. The third kappa shape index (κ3) is 5.30. The van der Waals surface area contributed by atoms with Crippen molar-refractivity contribution in [3.8, 4) is 0 Å². The molecule has 110 valence electrons. The summed E-state index contributed by atoms with van der Waals surface area (Å²) < 4.78 is 0.955. The van der Waals surface area contributed by atoms with Crippen LogP contribution >= 0.6 is 15.9 Å². The molecule has 20 heavy (non-hydrogen) atoms. The predicted molar refractivity (Wildman–Crippen MR) is 81.6 cm³/mol. The van der Waals surface area contributed by atoms with Crippen molar-refractivity contribution in [3.63, 3.8) is 0 Å². The van der Waals surface area contributed by atoms with E-state index >= 15 is 0 Å². The van der Waals surface area contributed by atoms with E-state index in [0.29, 0.717) is 13.0 Å². The molecule has 0 aromatic heterocycles. The first kappa shape index (κ1) is 16.7. The maximum absolute atomic E-state index is 12.2. The number of amides is 2. The molecule has 6 heteroatoms. The number of hydrogen-bond acceptors (Lipinski definition) is 3. The summed E-state index contributed by atoms with van der Waals surface area (Å²) in [6.45, 7) is 2.17. The molecule has 5 nitrogen and oxygen atoms in total. The van der Waals surface area contributed by atoms with Crippen molar-refractivity contribution in [3.05, 3.63) is 34.3 Å². The first-order chi connectivity index (χ1) is 9.43. The molecule has 0 radical (unpaired) electrons. The Bertz CT molecular complexity index is 462. The number of nitrogens with two attached hydrogens (primary N) is 2. The van der Waals surface area contributed by atoms with Crippen LogP contribution in [0, 0.1) is 0 Å². The van der Waals surface area contributed by atoms with Crippen LogP contribution in [0.15, 0.2) is 28.7 Å². The van der Waals surface area contributed by atoms with Gasteiger partial charge in [0.05, 0.1) is 12.6 Å². The largest absolute Gasteiger partial charge is 0.368 e. The van der Waals surface area contributed by atoms with Gasteiger partial charge in [-0.3, -0.25) is 9.59 Å². The molecule has 0 unspecified atom stereocenters. The zero-order valence-corrected chi connectivity index (χ0v) is 13.1. The van der Waals surface area contributed by atoms with E-state index in [1.165, 1.54) is 4.90 Å². The first-order valence-electron chi connectivity index (χ1n) is 6.51. The average molecular weight is 342 g/mol. The van der Waals surface area contributed by atoms with Crippen LogP contribution in [0.5, 0.6) is 0 Å². The highest BCUT2D eigenvalue weighted by Gasteiger charge is 2.21. The number of primary amides is 1. The molecule has 0 aliphatic carbocycles. The van der Waals surface area contributed by atoms with Gasteiger partial charge in [0.15, 0.2) is 0 Å². The fourth-order valence-electron chi connectivity index (χ4n) is 1.88. The fraction of sp³-hybridized carbons (Fsp3) is 0.429. The van der Waals surface area contributed by atoms with Crippen molar-refractivity contribution in [2.45, 2.75) is 32.4 Å². The molecule has 2 amide bonds. The molecule has 1 atom stereocenters. The van der Waals surface area contributed by atoms with E-state index in [1.54, 1.807) is 0 Å². The van der Waals surface area contributed by atoms with Crippen molar-refractivity contribution < 1.29 is 9.59 Å². The third-order valence-corrected chi connectivity index (χ3v) is 3.39. The van der Waals surface area contributed by atoms with E-state index in [4.69, 9.17) is 11.5 Å². The van der Waals surface area contributed by atoms with Gasteiger partial charge in [-0.25, -0.2) is 0 Å². The molecule has 0 fully saturated rings. The summed E-state index contributed by atoms with van der Waals surface area (Å²) in [5, 5.41) is 0. The topological polar surface area (TPSA) is 89.4 Å². The Morgan fingerprint density at radius 2 is 1.90 bits per heavy atom. The Kier molecular flexibility index (Phi) is 6.67. The second kappa shape index (κ2) is 8.01. The highest BCUT2D eigenvalue weighted by atomic mass is 79.9. The molecule has 1 rings (SSSR count). The second-order valence-electron chi connectivity index (χ2n) is 4.68. The lowest BCUT2D eigenvalue weighted by atomic mass is 10.1. The van der Waals surface area contributed by atoms with E-state index in [1.807, 2.05) is 31.2 Å². The molecular formula is C14H20BrN3O2. The summed E-state index contributed by atoms with van der Waals surface area (Å²) in [5.41, 5.74) is 12.0. The van der Waals surface area contributed by atoms with Gasteiger partial charge in [0.2, 0.25) is 11.8 Å². The minimum atomic E-state index is -0.588. The monoisotopic (exact) mass is 341 g/mol. The average Bonchev–Trinajstić information content (AvgIpc) is 2.39. The van der Waals surface area contributed by atoms with Gasteiger partial charge >= 0.3 is 0 Å². The summed E-state index contributed by atoms with van der Waals surface area (Å²) in [4.78, 5) is 24.8. The third-order valence-electron chi connectivity index (χ3n) is 2.86. The fourth-order valence-corrected chi connectivity index (χ4v) is 2.14. The maximum atomic E-state index is 12.2. The number of nitrogens with zero attached hydrogens (tertiary/aromatic N) is 1. The summed E-state index contributed by atoms with van der Waals surface area (Å²) in [6.07, 6.45) is 1.41. The minimum Gasteiger partial charge on any atom is -0.368 e. The number of carbonyl (C=O) groups excluding carboxylic acids is 2. The van der Waals surface area contributed by atoms with Crippen LogP contribution in [0.25, 0.3) is 0 Å². The number of benzene rings is 1. The Morgan fingerprint density at radius 3 is 2.40 bits per heavy atom. The molecule has 0 spiro atoms. The maximum Gasteiger partial charge on any atom is 0.240 e. The van der Waals surface area contributed by atoms with E-state index < -0.39 is 11.9 Å². The van der Waals surface area contributed by atoms with Crippen LogP contribution in [-0.2, 0) is 16.1 Å². The zero-order valence-electron chi connectivity index (χ0n) is 11.5. The van der Waals surface area contributed by atoms with Crippen LogP contribution in [0.3, 0.4) is 0 Å². The van der Waals surface area contributed by atoms with E-state index in [0.717, 1.165) is 16.5 Å². The van der Waals surface area contributed by atoms with Gasteiger partial charge in [-0.2, -0.15) is 0 Å². The van der Waals surface area contributed by atoms with Gasteiger partial charge in [0, 0.05) is 11.0 Å². The zero-order chi connectivity index (χ0) is 15.1. The molecule has 0 bridgehead atoms. The van der Waals surface area contributed by atoms with Gasteiger partial charge in [-0.1, -0.05) is 41.4 Å². The normalized spacial score (nSPS) is 11.9. The molecule has 0 heterocycles. The van der Waals surface area contributed by atoms with Crippen LogP contribution in [0.4, 0.5) is 0 Å². The van der Waals surface area contributed by atoms with Gasteiger partial charge < -0.3 is 16.4 Å². The smallest absolute Gasteiger partial charge is 0.240 e. The van der Waals surface area contributed by atoms with Crippen molar-refractivity contribution >= 4 is 27.7 Å². The van der Waals surface area contributed by atoms with Crippen LogP contribution in [0.1, 0.15) is 25.3 Å². The van der Waals surface area contributed by atoms with Crippen molar-refractivity contribution in [2.75, 3.05) is 6.54 Å². The summed E-state index contributed by atoms with van der Waals surface area (Å²) in [6, 6.07) is 6.95. The van der Waals surface area contributed by atoms with Crippen LogP contribution in [0.2, 0.25) is 0 Å². The predicted octanol–water partition coefficient (Wildman–Crippen LogP) is 1.39. The van der Waals surface area contributed by atoms with E-state index in [2.05, 4.69) is 15.9 Å². The van der Waals surface area contributed by atoms with Crippen LogP contribution < -0.4 is 11.5 Å². The van der Waals surface area contributed by atoms with Crippen molar-refractivity contribution in [2.24, 2.45) is 11.5 Å². The second-order valence-corrected chi connectivity index (χ2v) is 5.60. The Balaban J connectivity index is 2.80. The van der Waals surface area contributed by atoms with Crippen LogP contribution in [-0.4, -0.2) is 29.3 Å². The summed E-state index contributed by atoms with van der Waals surface area (Å²) in [7, 11) is 0. The molecule has 0 aliphatic rings. The quantitative estimate of drug-likeness (QED) is 0.785. The Labute approximate surface area is 127 Å². The minimum absolute atomic E-state index is 0.119. The van der Waals surface area contributed by atoms with E-state index in [9.17, 15) is 9.59 Å². The van der Waals surface area contributed by atoms with Crippen molar-refractivity contribution in [1.82, 2.24) is 4.90 Å². The van der Waals surface area contributed by atoms with Gasteiger partial charge in [-0.05, 0) is 24.1 Å².